The first-order valence-corrected chi connectivity index (χ1v) is 16.2. The van der Waals surface area contributed by atoms with E-state index in [-0.39, 0.29) is 25.7 Å². The smallest absolute Gasteiger partial charge is 0.0776 e. The zero-order chi connectivity index (χ0) is 27.6. The Labute approximate surface area is 242 Å². The molecule has 0 N–H and O–H groups in total. The first-order valence-electron chi connectivity index (χ1n) is 13.3. The number of aromatic nitrogens is 2. The molecule has 1 radical (unpaired) electrons. The van der Waals surface area contributed by atoms with Gasteiger partial charge in [-0.15, -0.1) is 59.7 Å². The summed E-state index contributed by atoms with van der Waals surface area (Å²) in [4.78, 5) is 8.63. The molecular formula is C32H28IrN2SSi-2. The molecule has 6 aromatic rings. The van der Waals surface area contributed by atoms with Crippen LogP contribution in [0.15, 0.2) is 97.3 Å². The van der Waals surface area contributed by atoms with Crippen LogP contribution in [0, 0.1) is 19.0 Å². The van der Waals surface area contributed by atoms with Crippen LogP contribution < -0.4 is 5.19 Å². The monoisotopic (exact) mass is 696 g/mol. The standard InChI is InChI=1S/C21H20NSSi.C11H8N.Ir/c1-14-8-11-19(22-13-14)18-7-5-6-17-16-10-9-15(24(2,3)4)12-20(16)23-21(17)18;1-2-6-10(7-3-1)11-8-4-5-9-12-11;/h5-6,8-13H,1-4H3;1-6,8-9H;/q2*-1;/i1D3;;. The van der Waals surface area contributed by atoms with Gasteiger partial charge in [-0.05, 0) is 46.0 Å². The minimum atomic E-state index is -2.13. The third-order valence-corrected chi connectivity index (χ3v) is 9.20. The van der Waals surface area contributed by atoms with E-state index < -0.39 is 14.9 Å². The quantitative estimate of drug-likeness (QED) is 0.138. The zero-order valence-electron chi connectivity index (χ0n) is 23.9. The summed E-state index contributed by atoms with van der Waals surface area (Å²) in [6, 6.07) is 34.4. The molecule has 0 fully saturated rings. The van der Waals surface area contributed by atoms with E-state index in [2.05, 4.69) is 66.0 Å². The second kappa shape index (κ2) is 11.6. The van der Waals surface area contributed by atoms with Gasteiger partial charge in [-0.3, -0.25) is 0 Å². The van der Waals surface area contributed by atoms with Crippen molar-refractivity contribution in [3.63, 3.8) is 0 Å². The predicted octanol–water partition coefficient (Wildman–Crippen LogP) is 8.32. The first-order chi connectivity index (χ1) is 18.6. The Bertz CT molecular complexity index is 1680. The van der Waals surface area contributed by atoms with Gasteiger partial charge in [-0.2, -0.15) is 11.3 Å². The molecule has 0 aliphatic heterocycles. The second-order valence-electron chi connectivity index (χ2n) is 9.58. The molecule has 2 nitrogen and oxygen atoms in total. The number of hydrogen-bond acceptors (Lipinski definition) is 3. The van der Waals surface area contributed by atoms with Gasteiger partial charge in [-0.25, -0.2) is 0 Å². The summed E-state index contributed by atoms with van der Waals surface area (Å²) in [5.41, 5.74) is 3.96. The van der Waals surface area contributed by atoms with E-state index in [9.17, 15) is 0 Å². The number of nitrogens with zero attached hydrogens (tertiary/aromatic N) is 2. The number of thiophene rings is 1. The van der Waals surface area contributed by atoms with Gasteiger partial charge in [0.15, 0.2) is 0 Å². The van der Waals surface area contributed by atoms with Crippen molar-refractivity contribution in [1.82, 2.24) is 9.97 Å². The Morgan fingerprint density at radius 2 is 1.68 bits per heavy atom. The van der Waals surface area contributed by atoms with Crippen LogP contribution in [0.3, 0.4) is 0 Å². The minimum absolute atomic E-state index is 0. The van der Waals surface area contributed by atoms with Crippen LogP contribution in [0.2, 0.25) is 19.6 Å². The number of fused-ring (bicyclic) bond motifs is 3. The summed E-state index contributed by atoms with van der Waals surface area (Å²) in [5.74, 6) is 0. The van der Waals surface area contributed by atoms with Crippen LogP contribution in [0.5, 0.6) is 0 Å². The summed E-state index contributed by atoms with van der Waals surface area (Å²) < 4.78 is 25.0. The normalized spacial score (nSPS) is 12.6. The van der Waals surface area contributed by atoms with Crippen molar-refractivity contribution in [2.24, 2.45) is 0 Å². The third kappa shape index (κ3) is 6.14. The van der Waals surface area contributed by atoms with Gasteiger partial charge in [0.2, 0.25) is 0 Å². The van der Waals surface area contributed by atoms with Crippen LogP contribution in [-0.2, 0) is 20.1 Å². The van der Waals surface area contributed by atoms with Crippen molar-refractivity contribution >= 4 is 44.8 Å². The van der Waals surface area contributed by atoms with Gasteiger partial charge in [0.25, 0.3) is 0 Å². The summed E-state index contributed by atoms with van der Waals surface area (Å²) >= 11 is 1.76. The molecule has 0 unspecified atom stereocenters. The molecule has 0 saturated carbocycles. The molecular weight excluding hydrogens is 665 g/mol. The van der Waals surface area contributed by atoms with Gasteiger partial charge in [0.1, 0.15) is 0 Å². The zero-order valence-corrected chi connectivity index (χ0v) is 25.1. The molecule has 0 saturated heterocycles. The van der Waals surface area contributed by atoms with Gasteiger partial charge in [0, 0.05) is 41.3 Å². The van der Waals surface area contributed by atoms with Crippen LogP contribution in [-0.4, -0.2) is 18.0 Å². The molecule has 3 heterocycles. The largest absolute Gasteiger partial charge is 0.305 e. The molecule has 187 valence electrons. The fraction of sp³-hybridized carbons (Fsp3) is 0.125. The molecule has 5 heteroatoms. The third-order valence-electron chi connectivity index (χ3n) is 5.97. The number of benzene rings is 3. The first kappa shape index (κ1) is 23.2. The summed E-state index contributed by atoms with van der Waals surface area (Å²) in [7, 11) is -1.37. The molecule has 37 heavy (non-hydrogen) atoms. The average molecular weight is 696 g/mol. The van der Waals surface area contributed by atoms with Crippen molar-refractivity contribution in [2.75, 3.05) is 0 Å². The maximum absolute atomic E-state index is 7.51. The molecule has 0 amide bonds. The second-order valence-corrected chi connectivity index (χ2v) is 15.7. The van der Waals surface area contributed by atoms with Crippen molar-refractivity contribution in [3.05, 3.63) is 115 Å². The van der Waals surface area contributed by atoms with E-state index >= 15 is 0 Å². The number of rotatable bonds is 3. The van der Waals surface area contributed by atoms with Gasteiger partial charge in [-0.1, -0.05) is 66.6 Å². The fourth-order valence-corrected chi connectivity index (χ4v) is 6.53. The molecule has 3 aromatic carbocycles. The Hall–Kier alpha value is -2.95. The Morgan fingerprint density at radius 3 is 2.35 bits per heavy atom. The van der Waals surface area contributed by atoms with Gasteiger partial charge < -0.3 is 9.97 Å². The van der Waals surface area contributed by atoms with Gasteiger partial charge >= 0.3 is 0 Å². The van der Waals surface area contributed by atoms with Crippen molar-refractivity contribution in [1.29, 1.82) is 0 Å². The number of aryl methyl sites for hydroxylation is 1. The number of hydrogen-bond donors (Lipinski definition) is 0. The fourth-order valence-electron chi connectivity index (χ4n) is 4.01. The van der Waals surface area contributed by atoms with Crippen LogP contribution in [0.4, 0.5) is 0 Å². The van der Waals surface area contributed by atoms with Crippen LogP contribution in [0.25, 0.3) is 42.7 Å². The van der Waals surface area contributed by atoms with Crippen LogP contribution >= 0.6 is 11.3 Å². The van der Waals surface area contributed by atoms with E-state index in [1.54, 1.807) is 29.7 Å². The van der Waals surface area contributed by atoms with E-state index in [4.69, 9.17) is 4.11 Å². The van der Waals surface area contributed by atoms with Crippen molar-refractivity contribution in [2.45, 2.75) is 26.5 Å². The summed E-state index contributed by atoms with van der Waals surface area (Å²) in [5, 5.41) is 3.91. The van der Waals surface area contributed by atoms with Gasteiger partial charge in [0.05, 0.1) is 8.07 Å². The summed E-state index contributed by atoms with van der Waals surface area (Å²) in [6.45, 7) is 4.94. The van der Waals surface area contributed by atoms with E-state index in [0.29, 0.717) is 0 Å². The molecule has 0 aliphatic carbocycles. The summed E-state index contributed by atoms with van der Waals surface area (Å²) in [6.07, 6.45) is 3.24. The predicted molar refractivity (Wildman–Crippen MR) is 158 cm³/mol. The molecule has 0 atom stereocenters. The molecule has 6 rings (SSSR count). The number of pyridine rings is 2. The Morgan fingerprint density at radius 1 is 0.811 bits per heavy atom. The Balaban J connectivity index is 0.000000238. The molecule has 0 aliphatic rings. The molecule has 3 aromatic heterocycles. The Kier molecular flexibility index (Phi) is 7.28. The molecule has 0 spiro atoms. The maximum atomic E-state index is 7.51. The van der Waals surface area contributed by atoms with E-state index in [0.717, 1.165) is 27.2 Å². The maximum Gasteiger partial charge on any atom is 0.0776 e. The average Bonchev–Trinajstić information content (AvgIpc) is 3.32. The minimum Gasteiger partial charge on any atom is -0.305 e. The SMILES string of the molecule is [2H]C([2H])([2H])c1ccc(-c2[c-]ccc3c2sc2cc([Si](C)(C)C)ccc23)nc1.[Ir].[c-]1ccccc1-c1ccccn1. The topological polar surface area (TPSA) is 25.8 Å². The molecule has 0 bridgehead atoms. The van der Waals surface area contributed by atoms with E-state index in [1.165, 1.54) is 26.9 Å². The van der Waals surface area contributed by atoms with Crippen LogP contribution in [0.1, 0.15) is 9.68 Å². The van der Waals surface area contributed by atoms with E-state index in [1.807, 2.05) is 48.5 Å². The van der Waals surface area contributed by atoms with Crippen molar-refractivity contribution < 1.29 is 24.2 Å². The van der Waals surface area contributed by atoms with Crippen molar-refractivity contribution in [3.8, 4) is 22.5 Å².